The molecule has 1 aromatic heterocycles. The Morgan fingerprint density at radius 3 is 2.45 bits per heavy atom. The summed E-state index contributed by atoms with van der Waals surface area (Å²) in [6.45, 7) is 2.51. The van der Waals surface area contributed by atoms with Crippen molar-refractivity contribution in [1.29, 1.82) is 0 Å². The van der Waals surface area contributed by atoms with Crippen LogP contribution in [0.5, 0.6) is 0 Å². The van der Waals surface area contributed by atoms with Gasteiger partial charge in [-0.05, 0) is 55.3 Å². The van der Waals surface area contributed by atoms with Gasteiger partial charge in [-0.1, -0.05) is 18.2 Å². The molecule has 0 bridgehead atoms. The highest BCUT2D eigenvalue weighted by molar-refractivity contribution is 6.04. The van der Waals surface area contributed by atoms with Crippen molar-refractivity contribution in [3.8, 4) is 0 Å². The number of amides is 1. The van der Waals surface area contributed by atoms with Crippen molar-refractivity contribution in [2.45, 2.75) is 19.4 Å². The molecular formula is C23H23FN4O. The number of halogens is 1. The number of hydrogen-bond acceptors (Lipinski definition) is 4. The molecule has 1 aliphatic heterocycles. The highest BCUT2D eigenvalue weighted by Gasteiger charge is 2.12. The van der Waals surface area contributed by atoms with E-state index in [2.05, 4.69) is 20.5 Å². The van der Waals surface area contributed by atoms with E-state index in [1.807, 2.05) is 24.3 Å². The van der Waals surface area contributed by atoms with Crippen LogP contribution < -0.4 is 15.5 Å². The molecule has 6 heteroatoms. The first-order valence-electron chi connectivity index (χ1n) is 9.79. The van der Waals surface area contributed by atoms with Gasteiger partial charge in [0.1, 0.15) is 11.6 Å². The summed E-state index contributed by atoms with van der Waals surface area (Å²) in [7, 11) is 0. The fourth-order valence-corrected chi connectivity index (χ4v) is 3.39. The minimum atomic E-state index is -0.258. The van der Waals surface area contributed by atoms with Gasteiger partial charge in [-0.25, -0.2) is 9.37 Å². The Morgan fingerprint density at radius 1 is 1.00 bits per heavy atom. The molecule has 29 heavy (non-hydrogen) atoms. The molecule has 0 saturated carbocycles. The molecule has 3 aromatic rings. The molecule has 0 radical (unpaired) electrons. The Balaban J connectivity index is 1.33. The molecule has 0 unspecified atom stereocenters. The van der Waals surface area contributed by atoms with Gasteiger partial charge >= 0.3 is 0 Å². The minimum Gasteiger partial charge on any atom is -0.372 e. The quantitative estimate of drug-likeness (QED) is 0.641. The zero-order valence-corrected chi connectivity index (χ0v) is 16.1. The smallest absolute Gasteiger partial charge is 0.257 e. The molecule has 1 saturated heterocycles. The number of nitrogens with one attached hydrogen (secondary N) is 2. The Bertz CT molecular complexity index is 967. The fraction of sp³-hybridized carbons (Fsp3) is 0.217. The number of rotatable bonds is 6. The number of nitrogens with zero attached hydrogens (tertiary/aromatic N) is 2. The lowest BCUT2D eigenvalue weighted by molar-refractivity contribution is 0.102. The zero-order chi connectivity index (χ0) is 20.1. The molecule has 4 rings (SSSR count). The zero-order valence-electron chi connectivity index (χ0n) is 16.1. The maximum absolute atomic E-state index is 13.7. The van der Waals surface area contributed by atoms with E-state index in [9.17, 15) is 9.18 Å². The third-order valence-electron chi connectivity index (χ3n) is 5.04. The van der Waals surface area contributed by atoms with Gasteiger partial charge in [0.25, 0.3) is 5.91 Å². The summed E-state index contributed by atoms with van der Waals surface area (Å²) in [5.41, 5.74) is 2.96. The topological polar surface area (TPSA) is 57.3 Å². The molecule has 148 valence electrons. The molecule has 2 N–H and O–H groups in total. The molecular weight excluding hydrogens is 367 g/mol. The van der Waals surface area contributed by atoms with E-state index in [-0.39, 0.29) is 11.7 Å². The first kappa shape index (κ1) is 18.9. The number of benzene rings is 2. The summed E-state index contributed by atoms with van der Waals surface area (Å²) < 4.78 is 13.7. The van der Waals surface area contributed by atoms with E-state index >= 15 is 0 Å². The highest BCUT2D eigenvalue weighted by atomic mass is 19.1. The van der Waals surface area contributed by atoms with Crippen LogP contribution in [0, 0.1) is 5.82 Å². The van der Waals surface area contributed by atoms with Crippen molar-refractivity contribution >= 4 is 23.1 Å². The number of anilines is 3. The van der Waals surface area contributed by atoms with Gasteiger partial charge in [0.05, 0.1) is 5.56 Å². The van der Waals surface area contributed by atoms with Crippen LogP contribution in [0.25, 0.3) is 0 Å². The Morgan fingerprint density at radius 2 is 1.76 bits per heavy atom. The second-order valence-corrected chi connectivity index (χ2v) is 7.07. The predicted molar refractivity (Wildman–Crippen MR) is 114 cm³/mol. The van der Waals surface area contributed by atoms with Crippen LogP contribution in [0.2, 0.25) is 0 Å². The lowest BCUT2D eigenvalue weighted by atomic mass is 10.2. The second kappa shape index (κ2) is 8.73. The fourth-order valence-electron chi connectivity index (χ4n) is 3.39. The van der Waals surface area contributed by atoms with Crippen LogP contribution in [0.1, 0.15) is 28.8 Å². The molecule has 1 amide bonds. The molecule has 0 aliphatic carbocycles. The maximum Gasteiger partial charge on any atom is 0.257 e. The Labute approximate surface area is 169 Å². The lowest BCUT2D eigenvalue weighted by Gasteiger charge is -2.17. The van der Waals surface area contributed by atoms with E-state index in [1.54, 1.807) is 30.3 Å². The molecule has 0 atom stereocenters. The van der Waals surface area contributed by atoms with E-state index in [0.29, 0.717) is 23.5 Å². The average molecular weight is 390 g/mol. The standard InChI is InChI=1S/C23H23FN4O/c24-21-6-2-1-5-17(21)15-25-22-12-7-18(16-26-22)23(29)27-19-8-10-20(11-9-19)28-13-3-4-14-28/h1-2,5-12,16H,3-4,13-15H2,(H,25,26)(H,27,29). The second-order valence-electron chi connectivity index (χ2n) is 7.07. The van der Waals surface area contributed by atoms with Crippen molar-refractivity contribution in [3.63, 3.8) is 0 Å². The SMILES string of the molecule is O=C(Nc1ccc(N2CCCC2)cc1)c1ccc(NCc2ccccc2F)nc1. The van der Waals surface area contributed by atoms with Crippen LogP contribution >= 0.6 is 0 Å². The molecule has 2 heterocycles. The molecule has 1 aliphatic rings. The van der Waals surface area contributed by atoms with Gasteiger partial charge in [-0.15, -0.1) is 0 Å². The highest BCUT2D eigenvalue weighted by Crippen LogP contribution is 2.22. The van der Waals surface area contributed by atoms with E-state index in [1.165, 1.54) is 30.8 Å². The number of hydrogen-bond donors (Lipinski definition) is 2. The number of carbonyl (C=O) groups excluding carboxylic acids is 1. The monoisotopic (exact) mass is 390 g/mol. The van der Waals surface area contributed by atoms with Crippen LogP contribution in [0.15, 0.2) is 66.9 Å². The Kier molecular flexibility index (Phi) is 5.70. The maximum atomic E-state index is 13.7. The summed E-state index contributed by atoms with van der Waals surface area (Å²) in [5, 5.41) is 5.96. The Hall–Kier alpha value is -3.41. The number of carbonyl (C=O) groups is 1. The van der Waals surface area contributed by atoms with Gasteiger partial charge in [-0.2, -0.15) is 0 Å². The number of pyridine rings is 1. The summed E-state index contributed by atoms with van der Waals surface area (Å²) in [5.74, 6) is 0.110. The van der Waals surface area contributed by atoms with Crippen molar-refractivity contribution in [3.05, 3.63) is 83.8 Å². The summed E-state index contributed by atoms with van der Waals surface area (Å²) in [6.07, 6.45) is 3.98. The third kappa shape index (κ3) is 4.71. The summed E-state index contributed by atoms with van der Waals surface area (Å²) in [4.78, 5) is 19.1. The van der Waals surface area contributed by atoms with Crippen molar-refractivity contribution < 1.29 is 9.18 Å². The van der Waals surface area contributed by atoms with Crippen molar-refractivity contribution in [2.75, 3.05) is 28.6 Å². The lowest BCUT2D eigenvalue weighted by Crippen LogP contribution is -2.17. The largest absolute Gasteiger partial charge is 0.372 e. The van der Waals surface area contributed by atoms with Gasteiger partial charge in [0.15, 0.2) is 0 Å². The normalized spacial score (nSPS) is 13.3. The first-order chi connectivity index (χ1) is 14.2. The van der Waals surface area contributed by atoms with Gasteiger partial charge in [0, 0.05) is 42.8 Å². The van der Waals surface area contributed by atoms with Gasteiger partial charge < -0.3 is 15.5 Å². The average Bonchev–Trinajstić information content (AvgIpc) is 3.29. The molecule has 2 aromatic carbocycles. The van der Waals surface area contributed by atoms with Crippen molar-refractivity contribution in [1.82, 2.24) is 4.98 Å². The predicted octanol–water partition coefficient (Wildman–Crippen LogP) is 4.69. The molecule has 1 fully saturated rings. The van der Waals surface area contributed by atoms with E-state index in [4.69, 9.17) is 0 Å². The van der Waals surface area contributed by atoms with E-state index in [0.717, 1.165) is 18.8 Å². The summed E-state index contributed by atoms with van der Waals surface area (Å²) in [6, 6.07) is 17.9. The first-order valence-corrected chi connectivity index (χ1v) is 9.79. The molecule has 5 nitrogen and oxygen atoms in total. The number of aromatic nitrogens is 1. The van der Waals surface area contributed by atoms with E-state index < -0.39 is 0 Å². The van der Waals surface area contributed by atoms with Crippen LogP contribution in [0.3, 0.4) is 0 Å². The van der Waals surface area contributed by atoms with Crippen LogP contribution in [-0.4, -0.2) is 24.0 Å². The van der Waals surface area contributed by atoms with Crippen LogP contribution in [-0.2, 0) is 6.54 Å². The minimum absolute atomic E-state index is 0.216. The van der Waals surface area contributed by atoms with Crippen molar-refractivity contribution in [2.24, 2.45) is 0 Å². The van der Waals surface area contributed by atoms with Crippen LogP contribution in [0.4, 0.5) is 21.6 Å². The van der Waals surface area contributed by atoms with Gasteiger partial charge in [0.2, 0.25) is 0 Å². The van der Waals surface area contributed by atoms with Gasteiger partial charge in [-0.3, -0.25) is 4.79 Å². The molecule has 0 spiro atoms. The third-order valence-corrected chi connectivity index (χ3v) is 5.04. The summed E-state index contributed by atoms with van der Waals surface area (Å²) >= 11 is 0.